The summed E-state index contributed by atoms with van der Waals surface area (Å²) in [5.41, 5.74) is 5.51. The van der Waals surface area contributed by atoms with Gasteiger partial charge in [-0.2, -0.15) is 0 Å². The molecule has 1 unspecified atom stereocenters. The highest BCUT2D eigenvalue weighted by Gasteiger charge is 2.58. The Hall–Kier alpha value is -5.15. The number of ether oxygens (including phenoxy) is 1. The second-order valence-corrected chi connectivity index (χ2v) is 15.3. The number of aromatic amines is 1. The number of amides is 4. The Morgan fingerprint density at radius 3 is 2.49 bits per heavy atom. The fraction of sp³-hybridized carbons (Fsp3) is 0.525. The van der Waals surface area contributed by atoms with E-state index >= 15 is 4.79 Å². The summed E-state index contributed by atoms with van der Waals surface area (Å²) in [5.74, 6) is -3.40. The van der Waals surface area contributed by atoms with Gasteiger partial charge < -0.3 is 31.2 Å². The minimum Gasteiger partial charge on any atom is -0.493 e. The van der Waals surface area contributed by atoms with Gasteiger partial charge in [0.1, 0.15) is 11.3 Å². The van der Waals surface area contributed by atoms with Gasteiger partial charge in [0.15, 0.2) is 0 Å². The van der Waals surface area contributed by atoms with Gasteiger partial charge in [0, 0.05) is 49.5 Å². The van der Waals surface area contributed by atoms with Crippen molar-refractivity contribution < 1.29 is 33.9 Å². The summed E-state index contributed by atoms with van der Waals surface area (Å²) >= 11 is 0. The lowest BCUT2D eigenvalue weighted by molar-refractivity contribution is -0.384. The Labute approximate surface area is 320 Å². The number of benzene rings is 2. The zero-order chi connectivity index (χ0) is 39.7. The van der Waals surface area contributed by atoms with E-state index in [0.717, 1.165) is 42.6 Å². The summed E-state index contributed by atoms with van der Waals surface area (Å²) in [6.07, 6.45) is 6.12. The van der Waals surface area contributed by atoms with E-state index in [2.05, 4.69) is 20.6 Å². The number of H-pyrrole nitrogens is 1. The van der Waals surface area contributed by atoms with Crippen molar-refractivity contribution in [1.29, 1.82) is 0 Å². The molecule has 1 aromatic heterocycles. The number of nitro benzene ring substituents is 1. The van der Waals surface area contributed by atoms with Crippen molar-refractivity contribution in [2.75, 3.05) is 13.2 Å². The molecule has 4 amide bonds. The fourth-order valence-corrected chi connectivity index (χ4v) is 7.94. The number of imidazole rings is 1. The van der Waals surface area contributed by atoms with Crippen LogP contribution in [0, 0.1) is 22.0 Å². The molecule has 1 saturated carbocycles. The number of rotatable bonds is 17. The van der Waals surface area contributed by atoms with Gasteiger partial charge >= 0.3 is 0 Å². The van der Waals surface area contributed by atoms with Crippen LogP contribution >= 0.6 is 0 Å². The molecule has 5 atom stereocenters. The van der Waals surface area contributed by atoms with Crippen LogP contribution in [-0.2, 0) is 32.0 Å². The SMILES string of the molecule is CC(=O)N(C(=O)[C@@H](N)Cc1ccccc1)[C@](Cc1cnc[nH]1)(C(=O)N[C@@H](CC1CCCCC1)[C@@H](O)CC(=O)NCC(C)C)C1COc2ccc([N+](=O)[O-])cc21. The molecule has 1 aliphatic heterocycles. The van der Waals surface area contributed by atoms with E-state index in [1.165, 1.54) is 37.6 Å². The number of non-ortho nitro benzene ring substituents is 1. The number of nitro groups is 1. The van der Waals surface area contributed by atoms with E-state index in [0.29, 0.717) is 18.7 Å². The number of nitrogens with zero attached hydrogens (tertiary/aromatic N) is 3. The summed E-state index contributed by atoms with van der Waals surface area (Å²) in [7, 11) is 0. The summed E-state index contributed by atoms with van der Waals surface area (Å²) < 4.78 is 6.05. The molecule has 55 heavy (non-hydrogen) atoms. The van der Waals surface area contributed by atoms with Crippen molar-refractivity contribution in [3.05, 3.63) is 88.0 Å². The average Bonchev–Trinajstić information content (AvgIpc) is 3.84. The molecule has 1 fully saturated rings. The highest BCUT2D eigenvalue weighted by Crippen LogP contribution is 2.47. The quantitative estimate of drug-likeness (QED) is 0.0992. The maximum absolute atomic E-state index is 15.6. The summed E-state index contributed by atoms with van der Waals surface area (Å²) in [6, 6.07) is 10.8. The Bertz CT molecular complexity index is 1800. The monoisotopic (exact) mass is 759 g/mol. The predicted molar refractivity (Wildman–Crippen MR) is 204 cm³/mol. The number of nitrogens with two attached hydrogens (primary N) is 1. The number of imide groups is 1. The smallest absolute Gasteiger partial charge is 0.269 e. The van der Waals surface area contributed by atoms with E-state index < -0.39 is 52.3 Å². The molecule has 0 spiro atoms. The van der Waals surface area contributed by atoms with E-state index in [1.54, 1.807) is 24.3 Å². The molecule has 2 heterocycles. The van der Waals surface area contributed by atoms with Crippen LogP contribution in [0.25, 0.3) is 0 Å². The molecule has 296 valence electrons. The summed E-state index contributed by atoms with van der Waals surface area (Å²) in [6.45, 7) is 5.26. The van der Waals surface area contributed by atoms with Crippen molar-refractivity contribution >= 4 is 29.3 Å². The van der Waals surface area contributed by atoms with Gasteiger partial charge in [0.05, 0.1) is 48.4 Å². The number of carbonyl (C=O) groups excluding carboxylic acids is 4. The third-order valence-electron chi connectivity index (χ3n) is 10.7. The normalized spacial score (nSPS) is 18.3. The number of hydrogen-bond acceptors (Lipinski definition) is 10. The maximum Gasteiger partial charge on any atom is 0.269 e. The fourth-order valence-electron chi connectivity index (χ4n) is 7.94. The Kier molecular flexibility index (Phi) is 13.8. The molecule has 0 saturated heterocycles. The lowest BCUT2D eigenvalue weighted by Crippen LogP contribution is -2.70. The van der Waals surface area contributed by atoms with Gasteiger partial charge in [-0.05, 0) is 36.3 Å². The molecular formula is C40H53N7O8. The van der Waals surface area contributed by atoms with Gasteiger partial charge in [-0.3, -0.25) is 34.2 Å². The minimum atomic E-state index is -2.16. The van der Waals surface area contributed by atoms with E-state index in [1.807, 2.05) is 19.9 Å². The first kappa shape index (κ1) is 41.0. The first-order valence-electron chi connectivity index (χ1n) is 19.1. The average molecular weight is 760 g/mol. The number of aliphatic hydroxyl groups excluding tert-OH is 1. The zero-order valence-corrected chi connectivity index (χ0v) is 31.7. The van der Waals surface area contributed by atoms with Gasteiger partial charge in [-0.25, -0.2) is 4.98 Å². The number of aromatic nitrogens is 2. The standard InChI is InChI=1S/C40H53N7O8/c1-25(2)21-43-37(50)19-35(49)34(17-28-12-8-5-9-13-28)45-39(52)40(20-29-22-42-24-44-29,32-23-55-36-15-14-30(47(53)54)18-31(32)36)46(26(3)48)38(51)33(41)16-27-10-6-4-7-11-27/h4,6-7,10-11,14-15,18,22,24-25,28,32-35,49H,5,8-9,12-13,16-17,19-21,23,41H2,1-3H3,(H,42,44)(H,43,50)(H,45,52)/t32?,33-,34-,35-,40-/m0/s1. The van der Waals surface area contributed by atoms with Gasteiger partial charge in [0.2, 0.25) is 23.6 Å². The van der Waals surface area contributed by atoms with Crippen LogP contribution in [-0.4, -0.2) is 85.4 Å². The van der Waals surface area contributed by atoms with Crippen LogP contribution in [0.3, 0.4) is 0 Å². The van der Waals surface area contributed by atoms with Gasteiger partial charge in [-0.1, -0.05) is 76.3 Å². The summed E-state index contributed by atoms with van der Waals surface area (Å²) in [5, 5.41) is 29.6. The van der Waals surface area contributed by atoms with Crippen LogP contribution in [0.15, 0.2) is 61.1 Å². The summed E-state index contributed by atoms with van der Waals surface area (Å²) in [4.78, 5) is 76.8. The highest BCUT2D eigenvalue weighted by molar-refractivity contribution is 6.04. The molecule has 6 N–H and O–H groups in total. The molecule has 5 rings (SSSR count). The number of aliphatic hydroxyl groups is 1. The van der Waals surface area contributed by atoms with Crippen molar-refractivity contribution in [2.24, 2.45) is 17.6 Å². The van der Waals surface area contributed by atoms with Crippen molar-refractivity contribution in [3.8, 4) is 5.75 Å². The molecule has 15 heteroatoms. The number of carbonyl (C=O) groups is 4. The third-order valence-corrected chi connectivity index (χ3v) is 10.7. The lowest BCUT2D eigenvalue weighted by atomic mass is 9.73. The van der Waals surface area contributed by atoms with Crippen LogP contribution in [0.1, 0.15) is 88.5 Å². The van der Waals surface area contributed by atoms with Crippen LogP contribution in [0.4, 0.5) is 5.69 Å². The lowest BCUT2D eigenvalue weighted by Gasteiger charge is -2.46. The van der Waals surface area contributed by atoms with Crippen LogP contribution < -0.4 is 21.1 Å². The second-order valence-electron chi connectivity index (χ2n) is 15.3. The predicted octanol–water partition coefficient (Wildman–Crippen LogP) is 3.70. The second kappa shape index (κ2) is 18.5. The zero-order valence-electron chi connectivity index (χ0n) is 31.7. The topological polar surface area (TPSA) is 223 Å². The maximum atomic E-state index is 15.6. The van der Waals surface area contributed by atoms with E-state index in [9.17, 15) is 29.6 Å². The molecule has 0 bridgehead atoms. The Balaban J connectivity index is 1.65. The molecule has 2 aromatic carbocycles. The van der Waals surface area contributed by atoms with Gasteiger partial charge in [-0.15, -0.1) is 0 Å². The van der Waals surface area contributed by atoms with Crippen molar-refractivity contribution in [2.45, 2.75) is 108 Å². The number of hydrogen-bond donors (Lipinski definition) is 5. The first-order valence-corrected chi connectivity index (χ1v) is 19.1. The van der Waals surface area contributed by atoms with E-state index in [4.69, 9.17) is 10.5 Å². The Morgan fingerprint density at radius 2 is 1.85 bits per heavy atom. The van der Waals surface area contributed by atoms with Gasteiger partial charge in [0.25, 0.3) is 5.69 Å². The molecule has 3 aromatic rings. The van der Waals surface area contributed by atoms with E-state index in [-0.39, 0.29) is 60.6 Å². The minimum absolute atomic E-state index is 0.0446. The molecule has 1 aliphatic carbocycles. The number of nitrogens with one attached hydrogen (secondary N) is 3. The molecular weight excluding hydrogens is 706 g/mol. The third kappa shape index (κ3) is 9.94. The first-order chi connectivity index (χ1) is 26.3. The largest absolute Gasteiger partial charge is 0.493 e. The highest BCUT2D eigenvalue weighted by atomic mass is 16.6. The van der Waals surface area contributed by atoms with Crippen molar-refractivity contribution in [3.63, 3.8) is 0 Å². The van der Waals surface area contributed by atoms with Crippen LogP contribution in [0.2, 0.25) is 0 Å². The van der Waals surface area contributed by atoms with Crippen LogP contribution in [0.5, 0.6) is 5.75 Å². The molecule has 2 aliphatic rings. The number of fused-ring (bicyclic) bond motifs is 1. The van der Waals surface area contributed by atoms with Crippen molar-refractivity contribution in [1.82, 2.24) is 25.5 Å². The Morgan fingerprint density at radius 1 is 1.13 bits per heavy atom. The molecule has 0 radical (unpaired) electrons. The molecule has 15 nitrogen and oxygen atoms in total.